The lowest BCUT2D eigenvalue weighted by Gasteiger charge is -2.51. The monoisotopic (exact) mass is 731 g/mol. The highest BCUT2D eigenvalue weighted by Gasteiger charge is 2.70. The van der Waals surface area contributed by atoms with Crippen LogP contribution in [-0.4, -0.2) is 38.6 Å². The van der Waals surface area contributed by atoms with Crippen LogP contribution in [0, 0.1) is 29.5 Å². The molecule has 8 nitrogen and oxygen atoms in total. The van der Waals surface area contributed by atoms with Crippen LogP contribution < -0.4 is 5.43 Å². The Kier molecular flexibility index (Phi) is 7.60. The molecule has 11 heteroatoms. The second-order valence-electron chi connectivity index (χ2n) is 13.9. The number of halogens is 2. The molecule has 0 spiro atoms. The second kappa shape index (κ2) is 12.1. The number of benzene rings is 4. The molecule has 4 aliphatic rings. The molecule has 2 N–H and O–H groups in total. The minimum absolute atomic E-state index is 0.0576. The highest BCUT2D eigenvalue weighted by molar-refractivity contribution is 7.09. The van der Waals surface area contributed by atoms with Crippen LogP contribution in [0.4, 0.5) is 10.1 Å². The summed E-state index contributed by atoms with van der Waals surface area (Å²) >= 11 is 7.87. The maximum atomic E-state index is 15.4. The van der Waals surface area contributed by atoms with E-state index in [0.29, 0.717) is 27.2 Å². The number of likely N-dealkylation sites (tertiary alicyclic amines) is 1. The number of phenolic OH excluding ortho intramolecular Hbond substituents is 1. The fourth-order valence-electron chi connectivity index (χ4n) is 9.34. The van der Waals surface area contributed by atoms with Gasteiger partial charge in [0.1, 0.15) is 11.6 Å². The molecule has 1 aromatic heterocycles. The number of aromatic hydroxyl groups is 1. The summed E-state index contributed by atoms with van der Waals surface area (Å²) in [5, 5.41) is 16.7. The molecule has 0 bridgehead atoms. The van der Waals surface area contributed by atoms with E-state index in [1.54, 1.807) is 36.4 Å². The molecule has 9 rings (SSSR count). The summed E-state index contributed by atoms with van der Waals surface area (Å²) in [6.45, 7) is 0.169. The van der Waals surface area contributed by atoms with Crippen LogP contribution >= 0.6 is 22.9 Å². The van der Waals surface area contributed by atoms with Crippen LogP contribution in [0.5, 0.6) is 5.75 Å². The van der Waals surface area contributed by atoms with Crippen molar-refractivity contribution in [3.8, 4) is 5.75 Å². The van der Waals surface area contributed by atoms with E-state index in [2.05, 4.69) is 5.43 Å². The Morgan fingerprint density at radius 1 is 0.865 bits per heavy atom. The van der Waals surface area contributed by atoms with Crippen molar-refractivity contribution in [3.63, 3.8) is 0 Å². The number of allylic oxidation sites excluding steroid dienone is 2. The van der Waals surface area contributed by atoms with E-state index in [-0.39, 0.29) is 37.0 Å². The van der Waals surface area contributed by atoms with Gasteiger partial charge in [-0.05, 0) is 89.0 Å². The molecule has 2 aliphatic heterocycles. The van der Waals surface area contributed by atoms with Crippen molar-refractivity contribution in [3.05, 3.63) is 141 Å². The number of imide groups is 2. The van der Waals surface area contributed by atoms with Crippen molar-refractivity contribution in [1.82, 2.24) is 9.91 Å². The van der Waals surface area contributed by atoms with Gasteiger partial charge >= 0.3 is 0 Å². The Morgan fingerprint density at radius 3 is 2.38 bits per heavy atom. The molecule has 2 aliphatic carbocycles. The van der Waals surface area contributed by atoms with Crippen molar-refractivity contribution in [1.29, 1.82) is 0 Å². The van der Waals surface area contributed by atoms with E-state index in [0.717, 1.165) is 20.8 Å². The summed E-state index contributed by atoms with van der Waals surface area (Å²) in [7, 11) is 0. The molecule has 0 radical (unpaired) electrons. The van der Waals surface area contributed by atoms with Crippen LogP contribution in [0.3, 0.4) is 0 Å². The molecule has 52 heavy (non-hydrogen) atoms. The number of fused-ring (bicyclic) bond motifs is 5. The third-order valence-corrected chi connectivity index (χ3v) is 12.6. The number of thiophene rings is 1. The summed E-state index contributed by atoms with van der Waals surface area (Å²) in [5.74, 6) is -6.05. The van der Waals surface area contributed by atoms with Gasteiger partial charge in [0.25, 0.3) is 11.8 Å². The highest BCUT2D eigenvalue weighted by atomic mass is 35.5. The predicted molar refractivity (Wildman–Crippen MR) is 195 cm³/mol. The highest BCUT2D eigenvalue weighted by Crippen LogP contribution is 2.65. The Labute approximate surface area is 307 Å². The average Bonchev–Trinajstić information content (AvgIpc) is 3.81. The van der Waals surface area contributed by atoms with Gasteiger partial charge in [-0.25, -0.2) is 4.39 Å². The number of nitrogens with one attached hydrogen (secondary N) is 1. The van der Waals surface area contributed by atoms with Gasteiger partial charge in [0.05, 0.1) is 35.4 Å². The van der Waals surface area contributed by atoms with Crippen LogP contribution in [0.1, 0.15) is 34.8 Å². The minimum Gasteiger partial charge on any atom is -0.508 e. The number of amides is 4. The topological polar surface area (TPSA) is 107 Å². The third-order valence-electron chi connectivity index (χ3n) is 11.5. The molecular weight excluding hydrogens is 701 g/mol. The fraction of sp³-hybridized carbons (Fsp3) is 0.220. The molecule has 3 fully saturated rings. The number of nitrogens with zero attached hydrogens (tertiary/aromatic N) is 2. The lowest BCUT2D eigenvalue weighted by molar-refractivity contribution is -0.141. The molecule has 5 aromatic rings. The van der Waals surface area contributed by atoms with E-state index < -0.39 is 52.6 Å². The lowest BCUT2D eigenvalue weighted by Crippen LogP contribution is -2.53. The molecular formula is C41H31ClFN3O5S. The minimum atomic E-state index is -1.60. The van der Waals surface area contributed by atoms with Gasteiger partial charge in [-0.3, -0.25) is 29.5 Å². The summed E-state index contributed by atoms with van der Waals surface area (Å²) < 4.78 is 13.9. The fourth-order valence-corrected chi connectivity index (χ4v) is 10.2. The van der Waals surface area contributed by atoms with Gasteiger partial charge < -0.3 is 5.11 Å². The van der Waals surface area contributed by atoms with Crippen LogP contribution in [0.25, 0.3) is 10.8 Å². The normalized spacial score (nSPS) is 26.7. The zero-order valence-corrected chi connectivity index (χ0v) is 29.1. The quantitative estimate of drug-likeness (QED) is 0.138. The molecule has 260 valence electrons. The number of carbonyl (C=O) groups is 4. The Hall–Kier alpha value is -5.32. The first-order valence-corrected chi connectivity index (χ1v) is 18.4. The second-order valence-corrected chi connectivity index (χ2v) is 15.4. The first kappa shape index (κ1) is 32.6. The number of hydrogen-bond acceptors (Lipinski definition) is 7. The maximum Gasteiger partial charge on any atom is 0.260 e. The number of phenols is 1. The lowest BCUT2D eigenvalue weighted by atomic mass is 9.48. The first-order valence-electron chi connectivity index (χ1n) is 17.1. The van der Waals surface area contributed by atoms with Gasteiger partial charge in [-0.2, -0.15) is 5.01 Å². The molecule has 2 saturated heterocycles. The van der Waals surface area contributed by atoms with Crippen molar-refractivity contribution in [2.45, 2.75) is 30.7 Å². The molecule has 6 unspecified atom stereocenters. The van der Waals surface area contributed by atoms with Gasteiger partial charge in [0.15, 0.2) is 0 Å². The number of hydrogen-bond donors (Lipinski definition) is 2. The summed E-state index contributed by atoms with van der Waals surface area (Å²) in [4.78, 5) is 60.9. The zero-order valence-electron chi connectivity index (χ0n) is 27.5. The molecule has 1 saturated carbocycles. The van der Waals surface area contributed by atoms with Gasteiger partial charge in [0.2, 0.25) is 11.8 Å². The maximum absolute atomic E-state index is 15.4. The average molecular weight is 732 g/mol. The summed E-state index contributed by atoms with van der Waals surface area (Å²) in [6.07, 6.45) is 2.35. The Bertz CT molecular complexity index is 2330. The largest absolute Gasteiger partial charge is 0.508 e. The van der Waals surface area contributed by atoms with Crippen molar-refractivity contribution < 1.29 is 28.7 Å². The van der Waals surface area contributed by atoms with Crippen molar-refractivity contribution in [2.75, 3.05) is 5.43 Å². The van der Waals surface area contributed by atoms with Gasteiger partial charge in [-0.1, -0.05) is 71.8 Å². The van der Waals surface area contributed by atoms with Gasteiger partial charge in [0, 0.05) is 21.4 Å². The smallest absolute Gasteiger partial charge is 0.260 e. The number of carbonyl (C=O) groups excluding carboxylic acids is 4. The predicted octanol–water partition coefficient (Wildman–Crippen LogP) is 7.58. The summed E-state index contributed by atoms with van der Waals surface area (Å²) in [5.41, 5.74) is 3.41. The van der Waals surface area contributed by atoms with Crippen molar-refractivity contribution >= 4 is 63.0 Å². The number of rotatable bonds is 6. The molecule has 4 aromatic carbocycles. The van der Waals surface area contributed by atoms with E-state index in [4.69, 9.17) is 11.6 Å². The van der Waals surface area contributed by atoms with Crippen LogP contribution in [0.15, 0.2) is 114 Å². The standard InChI is InChI=1S/C41H31ClFN3O5S/c42-24-10-8-23(9-11-24)41-32(38(49)46(40(41)51)44-26-14-12-25(43)13-15-26)20-31-29(36(41)35-28-6-2-1-4-22(28)7-18-33(35)47)16-17-30-34(31)39(50)45(37(30)48)21-27-5-3-19-52-27/h1-16,18-19,30-32,34,36,44,47H,17,20-21H2. The van der Waals surface area contributed by atoms with E-state index >= 15 is 4.79 Å². The Balaban J connectivity index is 1.28. The van der Waals surface area contributed by atoms with Crippen LogP contribution in [0.2, 0.25) is 5.02 Å². The third kappa shape index (κ3) is 4.70. The Morgan fingerprint density at radius 2 is 1.63 bits per heavy atom. The number of hydrazine groups is 1. The van der Waals surface area contributed by atoms with Crippen molar-refractivity contribution in [2.24, 2.45) is 23.7 Å². The zero-order chi connectivity index (χ0) is 35.9. The first-order chi connectivity index (χ1) is 25.2. The molecule has 6 atom stereocenters. The van der Waals surface area contributed by atoms with Crippen LogP contribution in [-0.2, 0) is 31.1 Å². The van der Waals surface area contributed by atoms with Gasteiger partial charge in [-0.15, -0.1) is 11.3 Å². The molecule has 4 amide bonds. The SMILES string of the molecule is O=C1C2CC=C3C(CC4C(=O)N(Nc5ccc(F)cc5)C(=O)C4(c4ccc(Cl)cc4)C3c3c(O)ccc4ccccc34)C2C(=O)N1Cc1cccs1. The molecule has 3 heterocycles. The van der Waals surface area contributed by atoms with E-state index in [9.17, 15) is 23.9 Å². The van der Waals surface area contributed by atoms with E-state index in [1.165, 1.54) is 40.5 Å². The van der Waals surface area contributed by atoms with E-state index in [1.807, 2.05) is 47.9 Å². The number of anilines is 1. The summed E-state index contributed by atoms with van der Waals surface area (Å²) in [6, 6.07) is 26.9.